The Hall–Kier alpha value is -1.18. The Bertz CT molecular complexity index is 596. The van der Waals surface area contributed by atoms with Crippen LogP contribution in [0.15, 0.2) is 36.5 Å². The van der Waals surface area contributed by atoms with Gasteiger partial charge >= 0.3 is 0 Å². The molecule has 2 unspecified atom stereocenters. The zero-order valence-corrected chi connectivity index (χ0v) is 14.4. The number of hydrogen-bond donors (Lipinski definition) is 2. The molecule has 0 amide bonds. The van der Waals surface area contributed by atoms with Gasteiger partial charge in [-0.1, -0.05) is 30.3 Å². The number of nitrogens with two attached hydrogens (primary N) is 1. The summed E-state index contributed by atoms with van der Waals surface area (Å²) < 4.78 is 5.60. The normalized spacial score (nSPS) is 20.0. The van der Waals surface area contributed by atoms with E-state index >= 15 is 0 Å². The Balaban J connectivity index is 0.00000192. The molecule has 1 aromatic heterocycles. The lowest BCUT2D eigenvalue weighted by molar-refractivity contribution is -0.0296. The molecule has 3 rings (SSSR count). The van der Waals surface area contributed by atoms with Crippen molar-refractivity contribution in [1.82, 2.24) is 9.88 Å². The summed E-state index contributed by atoms with van der Waals surface area (Å²) in [6.45, 7) is 3.05. The van der Waals surface area contributed by atoms with Gasteiger partial charge in [-0.15, -0.1) is 23.7 Å². The summed E-state index contributed by atoms with van der Waals surface area (Å²) in [5.74, 6) is 0. The van der Waals surface area contributed by atoms with E-state index in [1.165, 1.54) is 11.3 Å². The van der Waals surface area contributed by atoms with Gasteiger partial charge in [-0.2, -0.15) is 0 Å². The van der Waals surface area contributed by atoms with E-state index in [0.29, 0.717) is 18.2 Å². The third kappa shape index (κ3) is 4.89. The van der Waals surface area contributed by atoms with Crippen LogP contribution in [0.5, 0.6) is 0 Å². The molecule has 7 heteroatoms. The number of nitrogens with zero attached hydrogens (tertiary/aromatic N) is 2. The first-order valence-corrected chi connectivity index (χ1v) is 8.29. The highest BCUT2D eigenvalue weighted by atomic mass is 35.5. The van der Waals surface area contributed by atoms with E-state index in [-0.39, 0.29) is 18.4 Å². The fraction of sp³-hybridized carbons (Fsp3) is 0.438. The van der Waals surface area contributed by atoms with Gasteiger partial charge in [0, 0.05) is 30.2 Å². The maximum absolute atomic E-state index is 10.4. The average molecular weight is 356 g/mol. The lowest BCUT2D eigenvalue weighted by atomic mass is 10.0. The molecule has 2 aromatic rings. The third-order valence-corrected chi connectivity index (χ3v) is 4.77. The predicted molar refractivity (Wildman–Crippen MR) is 94.8 cm³/mol. The maximum atomic E-state index is 10.4. The van der Waals surface area contributed by atoms with Gasteiger partial charge in [0.25, 0.3) is 0 Å². The Morgan fingerprint density at radius 2 is 2.17 bits per heavy atom. The summed E-state index contributed by atoms with van der Waals surface area (Å²) in [4.78, 5) is 7.61. The van der Waals surface area contributed by atoms with Gasteiger partial charge in [0.15, 0.2) is 5.13 Å². The number of halogens is 1. The second-order valence-corrected chi connectivity index (χ2v) is 6.67. The predicted octanol–water partition coefficient (Wildman–Crippen LogP) is 2.47. The van der Waals surface area contributed by atoms with Crippen LogP contribution in [0.1, 0.15) is 23.0 Å². The second-order valence-electron chi connectivity index (χ2n) is 5.53. The van der Waals surface area contributed by atoms with Crippen LogP contribution in [-0.4, -0.2) is 40.8 Å². The van der Waals surface area contributed by atoms with Crippen LogP contribution in [0, 0.1) is 0 Å². The zero-order chi connectivity index (χ0) is 15.4. The summed E-state index contributed by atoms with van der Waals surface area (Å²) in [6, 6.07) is 9.99. The number of hydrogen-bond acceptors (Lipinski definition) is 6. The molecular weight excluding hydrogens is 334 g/mol. The lowest BCUT2D eigenvalue weighted by Gasteiger charge is -2.36. The first-order chi connectivity index (χ1) is 10.7. The highest BCUT2D eigenvalue weighted by molar-refractivity contribution is 7.15. The number of ether oxygens (including phenoxy) is 1. The molecule has 0 radical (unpaired) electrons. The van der Waals surface area contributed by atoms with Crippen LogP contribution >= 0.6 is 23.7 Å². The minimum Gasteiger partial charge on any atom is -0.388 e. The summed E-state index contributed by atoms with van der Waals surface area (Å²) in [5, 5.41) is 11.0. The number of aromatic nitrogens is 1. The van der Waals surface area contributed by atoms with Crippen molar-refractivity contribution in [3.05, 3.63) is 47.0 Å². The number of benzene rings is 1. The van der Waals surface area contributed by atoms with Crippen molar-refractivity contribution in [3.63, 3.8) is 0 Å². The molecule has 126 valence electrons. The van der Waals surface area contributed by atoms with E-state index in [9.17, 15) is 5.11 Å². The summed E-state index contributed by atoms with van der Waals surface area (Å²) in [5.41, 5.74) is 6.65. The van der Waals surface area contributed by atoms with Crippen molar-refractivity contribution in [2.75, 3.05) is 25.5 Å². The largest absolute Gasteiger partial charge is 0.388 e. The van der Waals surface area contributed by atoms with Gasteiger partial charge in [0.05, 0.1) is 19.3 Å². The van der Waals surface area contributed by atoms with Crippen molar-refractivity contribution >= 4 is 28.9 Å². The minimum atomic E-state index is -0.470. The van der Waals surface area contributed by atoms with Crippen molar-refractivity contribution in [2.24, 2.45) is 0 Å². The van der Waals surface area contributed by atoms with Gasteiger partial charge in [-0.05, 0) is 12.0 Å². The third-order valence-electron chi connectivity index (χ3n) is 3.96. The molecule has 2 heterocycles. The molecule has 0 aliphatic carbocycles. The first kappa shape index (κ1) is 18.2. The smallest absolute Gasteiger partial charge is 0.180 e. The quantitative estimate of drug-likeness (QED) is 0.862. The summed E-state index contributed by atoms with van der Waals surface area (Å²) in [6.07, 6.45) is 2.03. The molecule has 0 spiro atoms. The van der Waals surface area contributed by atoms with Crippen molar-refractivity contribution < 1.29 is 9.84 Å². The molecule has 1 aliphatic heterocycles. The highest BCUT2D eigenvalue weighted by Gasteiger charge is 2.26. The number of nitrogen functional groups attached to an aromatic ring is 1. The number of rotatable bonds is 5. The Kier molecular flexibility index (Phi) is 6.80. The Labute approximate surface area is 146 Å². The molecule has 1 aliphatic rings. The molecule has 0 saturated carbocycles. The van der Waals surface area contributed by atoms with Crippen molar-refractivity contribution in [2.45, 2.75) is 25.1 Å². The van der Waals surface area contributed by atoms with E-state index in [1.54, 1.807) is 0 Å². The topological polar surface area (TPSA) is 71.6 Å². The second kappa shape index (κ2) is 8.61. The monoisotopic (exact) mass is 355 g/mol. The highest BCUT2D eigenvalue weighted by Crippen LogP contribution is 2.25. The van der Waals surface area contributed by atoms with Crippen molar-refractivity contribution in [1.29, 1.82) is 0 Å². The minimum absolute atomic E-state index is 0. The van der Waals surface area contributed by atoms with Gasteiger partial charge < -0.3 is 15.6 Å². The van der Waals surface area contributed by atoms with Crippen LogP contribution in [0.4, 0.5) is 5.13 Å². The first-order valence-electron chi connectivity index (χ1n) is 7.47. The molecule has 2 atom stereocenters. The summed E-state index contributed by atoms with van der Waals surface area (Å²) in [7, 11) is 0. The van der Waals surface area contributed by atoms with E-state index in [1.807, 2.05) is 36.5 Å². The molecule has 5 nitrogen and oxygen atoms in total. The Morgan fingerprint density at radius 3 is 2.87 bits per heavy atom. The van der Waals surface area contributed by atoms with E-state index in [4.69, 9.17) is 10.5 Å². The van der Waals surface area contributed by atoms with E-state index in [2.05, 4.69) is 9.88 Å². The summed E-state index contributed by atoms with van der Waals surface area (Å²) >= 11 is 1.52. The van der Waals surface area contributed by atoms with Gasteiger partial charge in [-0.25, -0.2) is 4.98 Å². The fourth-order valence-electron chi connectivity index (χ4n) is 2.78. The van der Waals surface area contributed by atoms with Crippen molar-refractivity contribution in [3.8, 4) is 0 Å². The van der Waals surface area contributed by atoms with Gasteiger partial charge in [0.2, 0.25) is 0 Å². The number of aliphatic hydroxyl groups excluding tert-OH is 1. The van der Waals surface area contributed by atoms with Gasteiger partial charge in [-0.3, -0.25) is 4.90 Å². The van der Waals surface area contributed by atoms with E-state index in [0.717, 1.165) is 30.1 Å². The van der Waals surface area contributed by atoms with Crippen LogP contribution in [0.3, 0.4) is 0 Å². The molecule has 1 fully saturated rings. The molecule has 0 bridgehead atoms. The number of aliphatic hydroxyl groups is 1. The molecular formula is C16H22ClN3O2S. The number of thiazole rings is 1. The van der Waals surface area contributed by atoms with Gasteiger partial charge in [0.1, 0.15) is 0 Å². The zero-order valence-electron chi connectivity index (χ0n) is 12.8. The van der Waals surface area contributed by atoms with Crippen LogP contribution < -0.4 is 5.73 Å². The SMILES string of the molecule is Cl.Nc1ncc(CN2CCOCC2CC(O)c2ccccc2)s1. The molecule has 1 saturated heterocycles. The molecule has 23 heavy (non-hydrogen) atoms. The van der Waals surface area contributed by atoms with Crippen LogP contribution in [0.2, 0.25) is 0 Å². The van der Waals surface area contributed by atoms with Crippen LogP contribution in [0.25, 0.3) is 0 Å². The Morgan fingerprint density at radius 1 is 1.39 bits per heavy atom. The standard InChI is InChI=1S/C16H21N3O2S.ClH/c17-16-18-9-14(22-16)10-19-6-7-21-11-13(19)8-15(20)12-4-2-1-3-5-12;/h1-5,9,13,15,20H,6-8,10-11H2,(H2,17,18);1H. The van der Waals surface area contributed by atoms with E-state index < -0.39 is 6.10 Å². The maximum Gasteiger partial charge on any atom is 0.180 e. The number of anilines is 1. The number of morpholine rings is 1. The van der Waals surface area contributed by atoms with Crippen LogP contribution in [-0.2, 0) is 11.3 Å². The average Bonchev–Trinajstić information content (AvgIpc) is 2.95. The fourth-order valence-corrected chi connectivity index (χ4v) is 3.49. The lowest BCUT2D eigenvalue weighted by Crippen LogP contribution is -2.45. The molecule has 1 aromatic carbocycles. The molecule has 3 N–H and O–H groups in total.